The molecular formula is C22H32N2O2. The minimum absolute atomic E-state index is 0.106. The third kappa shape index (κ3) is 4.87. The Balaban J connectivity index is 1.51. The van der Waals surface area contributed by atoms with E-state index in [0.29, 0.717) is 12.6 Å². The van der Waals surface area contributed by atoms with E-state index in [1.807, 2.05) is 36.2 Å². The Bertz CT molecular complexity index is 599. The number of nitrogens with zero attached hydrogens (tertiary/aromatic N) is 1. The Kier molecular flexibility index (Phi) is 6.70. The molecule has 0 bridgehead atoms. The lowest BCUT2D eigenvalue weighted by molar-refractivity contribution is -0.126. The summed E-state index contributed by atoms with van der Waals surface area (Å²) >= 11 is 0. The quantitative estimate of drug-likeness (QED) is 0.856. The first-order chi connectivity index (χ1) is 12.6. The van der Waals surface area contributed by atoms with E-state index in [9.17, 15) is 9.59 Å². The molecule has 1 aromatic carbocycles. The fourth-order valence-corrected chi connectivity index (χ4v) is 4.30. The molecule has 142 valence electrons. The molecule has 0 heterocycles. The molecule has 2 saturated carbocycles. The normalized spacial score (nSPS) is 19.1. The fraction of sp³-hybridized carbons (Fsp3) is 0.636. The lowest BCUT2D eigenvalue weighted by Gasteiger charge is -2.31. The van der Waals surface area contributed by atoms with E-state index in [1.54, 1.807) is 0 Å². The summed E-state index contributed by atoms with van der Waals surface area (Å²) in [6.45, 7) is 0.544. The molecule has 0 unspecified atom stereocenters. The van der Waals surface area contributed by atoms with Crippen LogP contribution in [0.2, 0.25) is 0 Å². The van der Waals surface area contributed by atoms with Crippen LogP contribution in [0.5, 0.6) is 0 Å². The summed E-state index contributed by atoms with van der Waals surface area (Å²) in [7, 11) is 1.93. The summed E-state index contributed by atoms with van der Waals surface area (Å²) < 4.78 is 0. The van der Waals surface area contributed by atoms with E-state index in [2.05, 4.69) is 5.32 Å². The Morgan fingerprint density at radius 3 is 2.12 bits per heavy atom. The molecule has 26 heavy (non-hydrogen) atoms. The van der Waals surface area contributed by atoms with Gasteiger partial charge in [-0.05, 0) is 43.4 Å². The highest BCUT2D eigenvalue weighted by atomic mass is 16.2. The molecule has 4 heteroatoms. The Morgan fingerprint density at radius 2 is 1.50 bits per heavy atom. The summed E-state index contributed by atoms with van der Waals surface area (Å²) in [6.07, 6.45) is 11.6. The SMILES string of the molecule is CN(C(=O)c1ccc(CNC(=O)C2CCCCC2)cc1)C1CCCCC1. The maximum Gasteiger partial charge on any atom is 0.253 e. The Hall–Kier alpha value is -1.84. The molecule has 1 aromatic rings. The van der Waals surface area contributed by atoms with Gasteiger partial charge in [0.2, 0.25) is 5.91 Å². The summed E-state index contributed by atoms with van der Waals surface area (Å²) in [6, 6.07) is 8.09. The first kappa shape index (κ1) is 18.9. The lowest BCUT2D eigenvalue weighted by atomic mass is 9.88. The number of amides is 2. The van der Waals surface area contributed by atoms with Crippen molar-refractivity contribution in [3.05, 3.63) is 35.4 Å². The van der Waals surface area contributed by atoms with Gasteiger partial charge in [-0.3, -0.25) is 9.59 Å². The van der Waals surface area contributed by atoms with Gasteiger partial charge in [0, 0.05) is 31.1 Å². The average molecular weight is 357 g/mol. The molecule has 0 radical (unpaired) electrons. The van der Waals surface area contributed by atoms with Crippen molar-refractivity contribution in [3.63, 3.8) is 0 Å². The van der Waals surface area contributed by atoms with E-state index in [-0.39, 0.29) is 17.7 Å². The van der Waals surface area contributed by atoms with Crippen molar-refractivity contribution >= 4 is 11.8 Å². The first-order valence-corrected chi connectivity index (χ1v) is 10.3. The molecule has 0 aliphatic heterocycles. The van der Waals surface area contributed by atoms with Crippen LogP contribution in [0.1, 0.15) is 80.1 Å². The molecular weight excluding hydrogens is 324 g/mol. The van der Waals surface area contributed by atoms with E-state index >= 15 is 0 Å². The van der Waals surface area contributed by atoms with E-state index in [1.165, 1.54) is 38.5 Å². The number of hydrogen-bond acceptors (Lipinski definition) is 2. The van der Waals surface area contributed by atoms with E-state index in [4.69, 9.17) is 0 Å². The van der Waals surface area contributed by atoms with Crippen LogP contribution in [0.4, 0.5) is 0 Å². The maximum atomic E-state index is 12.7. The van der Waals surface area contributed by atoms with Crippen molar-refractivity contribution < 1.29 is 9.59 Å². The lowest BCUT2D eigenvalue weighted by Crippen LogP contribution is -2.38. The van der Waals surface area contributed by atoms with Gasteiger partial charge < -0.3 is 10.2 Å². The number of benzene rings is 1. The van der Waals surface area contributed by atoms with Gasteiger partial charge in [-0.25, -0.2) is 0 Å². The maximum absolute atomic E-state index is 12.7. The van der Waals surface area contributed by atoms with Gasteiger partial charge in [-0.1, -0.05) is 50.7 Å². The first-order valence-electron chi connectivity index (χ1n) is 10.3. The minimum Gasteiger partial charge on any atom is -0.352 e. The number of carbonyl (C=O) groups is 2. The van der Waals surface area contributed by atoms with Gasteiger partial charge in [0.25, 0.3) is 5.91 Å². The summed E-state index contributed by atoms with van der Waals surface area (Å²) in [5.74, 6) is 0.477. The smallest absolute Gasteiger partial charge is 0.253 e. The molecule has 1 N–H and O–H groups in total. The standard InChI is InChI=1S/C22H32N2O2/c1-24(20-10-6-3-7-11-20)22(26)19-14-12-17(13-15-19)16-23-21(25)18-8-4-2-5-9-18/h12-15,18,20H,2-11,16H2,1H3,(H,23,25). The molecule has 2 aliphatic carbocycles. The van der Waals surface area contributed by atoms with Crippen molar-refractivity contribution in [2.75, 3.05) is 7.05 Å². The molecule has 0 saturated heterocycles. The molecule has 2 amide bonds. The van der Waals surface area contributed by atoms with Crippen LogP contribution in [0.25, 0.3) is 0 Å². The minimum atomic E-state index is 0.106. The van der Waals surface area contributed by atoms with Gasteiger partial charge in [0.05, 0.1) is 0 Å². The van der Waals surface area contributed by atoms with Gasteiger partial charge in [0.15, 0.2) is 0 Å². The predicted octanol–water partition coefficient (Wildman–Crippen LogP) is 4.29. The summed E-state index contributed by atoms with van der Waals surface area (Å²) in [4.78, 5) is 26.8. The van der Waals surface area contributed by atoms with Gasteiger partial charge in [-0.15, -0.1) is 0 Å². The van der Waals surface area contributed by atoms with Crippen molar-refractivity contribution in [2.45, 2.75) is 76.8 Å². The zero-order valence-corrected chi connectivity index (χ0v) is 16.0. The zero-order valence-electron chi connectivity index (χ0n) is 16.0. The third-order valence-electron chi connectivity index (χ3n) is 6.09. The topological polar surface area (TPSA) is 49.4 Å². The summed E-state index contributed by atoms with van der Waals surface area (Å²) in [5.41, 5.74) is 1.78. The van der Waals surface area contributed by atoms with Gasteiger partial charge in [-0.2, -0.15) is 0 Å². The second kappa shape index (κ2) is 9.20. The summed E-state index contributed by atoms with van der Waals surface area (Å²) in [5, 5.41) is 3.06. The van der Waals surface area contributed by atoms with Gasteiger partial charge in [0.1, 0.15) is 0 Å². The van der Waals surface area contributed by atoms with Crippen molar-refractivity contribution in [1.29, 1.82) is 0 Å². The number of nitrogens with one attached hydrogen (secondary N) is 1. The zero-order chi connectivity index (χ0) is 18.4. The van der Waals surface area contributed by atoms with E-state index < -0.39 is 0 Å². The third-order valence-corrected chi connectivity index (χ3v) is 6.09. The monoisotopic (exact) mass is 356 g/mol. The largest absolute Gasteiger partial charge is 0.352 e. The molecule has 3 rings (SSSR count). The van der Waals surface area contributed by atoms with Crippen molar-refractivity contribution in [1.82, 2.24) is 10.2 Å². The van der Waals surface area contributed by atoms with Crippen molar-refractivity contribution in [2.24, 2.45) is 5.92 Å². The van der Waals surface area contributed by atoms with Crippen LogP contribution < -0.4 is 5.32 Å². The van der Waals surface area contributed by atoms with Crippen molar-refractivity contribution in [3.8, 4) is 0 Å². The van der Waals surface area contributed by atoms with Crippen LogP contribution in [-0.2, 0) is 11.3 Å². The highest BCUT2D eigenvalue weighted by Gasteiger charge is 2.23. The molecule has 0 spiro atoms. The van der Waals surface area contributed by atoms with Crippen LogP contribution in [-0.4, -0.2) is 29.8 Å². The van der Waals surface area contributed by atoms with Crippen LogP contribution in [0, 0.1) is 5.92 Å². The molecule has 4 nitrogen and oxygen atoms in total. The second-order valence-corrected chi connectivity index (χ2v) is 7.96. The van der Waals surface area contributed by atoms with Crippen LogP contribution in [0.3, 0.4) is 0 Å². The number of carbonyl (C=O) groups excluding carboxylic acids is 2. The Morgan fingerprint density at radius 1 is 0.923 bits per heavy atom. The second-order valence-electron chi connectivity index (χ2n) is 7.96. The molecule has 2 aliphatic rings. The molecule has 0 atom stereocenters. The van der Waals surface area contributed by atoms with Crippen LogP contribution in [0.15, 0.2) is 24.3 Å². The highest BCUT2D eigenvalue weighted by molar-refractivity contribution is 5.94. The predicted molar refractivity (Wildman–Crippen MR) is 104 cm³/mol. The Labute approximate surface area is 157 Å². The van der Waals surface area contributed by atoms with E-state index in [0.717, 1.165) is 36.8 Å². The molecule has 2 fully saturated rings. The number of rotatable bonds is 5. The highest BCUT2D eigenvalue weighted by Crippen LogP contribution is 2.24. The average Bonchev–Trinajstić information content (AvgIpc) is 2.72. The number of hydrogen-bond donors (Lipinski definition) is 1. The van der Waals surface area contributed by atoms with Crippen LogP contribution >= 0.6 is 0 Å². The van der Waals surface area contributed by atoms with Gasteiger partial charge >= 0.3 is 0 Å². The fourth-order valence-electron chi connectivity index (χ4n) is 4.30. The molecule has 0 aromatic heterocycles.